The van der Waals surface area contributed by atoms with E-state index in [0.29, 0.717) is 30.7 Å². The number of hydrogen-bond donors (Lipinski definition) is 0. The van der Waals surface area contributed by atoms with E-state index in [1.165, 1.54) is 4.90 Å². The molecule has 2 aromatic carbocycles. The van der Waals surface area contributed by atoms with E-state index < -0.39 is 0 Å². The second-order valence-corrected chi connectivity index (χ2v) is 4.89. The first-order valence-corrected chi connectivity index (χ1v) is 6.93. The smallest absolute Gasteiger partial charge is 0.233 e. The summed E-state index contributed by atoms with van der Waals surface area (Å²) in [7, 11) is 0. The van der Waals surface area contributed by atoms with Crippen molar-refractivity contribution in [2.45, 2.75) is 19.3 Å². The molecule has 0 N–H and O–H groups in total. The highest BCUT2D eigenvalue weighted by molar-refractivity contribution is 6.16. The van der Waals surface area contributed by atoms with Crippen LogP contribution in [0.2, 0.25) is 0 Å². The normalized spacial score (nSPS) is 15.1. The zero-order valence-electron chi connectivity index (χ0n) is 11.5. The molecule has 0 aromatic heterocycles. The van der Waals surface area contributed by atoms with Gasteiger partial charge in [0.1, 0.15) is 11.5 Å². The molecule has 1 fully saturated rings. The van der Waals surface area contributed by atoms with Crippen molar-refractivity contribution < 1.29 is 14.3 Å². The number of para-hydroxylation sites is 1. The van der Waals surface area contributed by atoms with Crippen LogP contribution >= 0.6 is 0 Å². The van der Waals surface area contributed by atoms with Crippen LogP contribution in [-0.4, -0.2) is 11.8 Å². The third kappa shape index (κ3) is 2.94. The molecule has 0 saturated carbocycles. The van der Waals surface area contributed by atoms with Crippen LogP contribution in [0.15, 0.2) is 54.6 Å². The molecule has 1 heterocycles. The molecule has 2 amide bonds. The van der Waals surface area contributed by atoms with Crippen LogP contribution in [0.4, 0.5) is 5.69 Å². The molecule has 1 saturated heterocycles. The Morgan fingerprint density at radius 2 is 1.33 bits per heavy atom. The van der Waals surface area contributed by atoms with Gasteiger partial charge >= 0.3 is 0 Å². The standard InChI is InChI=1S/C17H15NO3/c19-16-7-4-8-17(20)18(16)13-9-11-15(12-10-13)21-14-5-2-1-3-6-14/h1-3,5-6,9-12H,4,7-8H2. The molecule has 0 aliphatic carbocycles. The quantitative estimate of drug-likeness (QED) is 0.809. The Balaban J connectivity index is 1.77. The van der Waals surface area contributed by atoms with Gasteiger partial charge in [-0.15, -0.1) is 0 Å². The van der Waals surface area contributed by atoms with E-state index in [4.69, 9.17) is 4.74 Å². The number of carbonyl (C=O) groups is 2. The summed E-state index contributed by atoms with van der Waals surface area (Å²) in [5, 5.41) is 0. The number of amides is 2. The molecule has 1 aliphatic heterocycles. The van der Waals surface area contributed by atoms with E-state index in [1.54, 1.807) is 24.3 Å². The first kappa shape index (κ1) is 13.4. The predicted octanol–water partition coefficient (Wildman–Crippen LogP) is 3.52. The second-order valence-electron chi connectivity index (χ2n) is 4.89. The Kier molecular flexibility index (Phi) is 3.69. The SMILES string of the molecule is O=C1CCCC(=O)N1c1ccc(Oc2ccccc2)cc1. The Bertz CT molecular complexity index is 633. The molecule has 4 nitrogen and oxygen atoms in total. The van der Waals surface area contributed by atoms with Crippen molar-refractivity contribution in [3.05, 3.63) is 54.6 Å². The zero-order valence-corrected chi connectivity index (χ0v) is 11.5. The Labute approximate surface area is 123 Å². The lowest BCUT2D eigenvalue weighted by Crippen LogP contribution is -2.40. The Hall–Kier alpha value is -2.62. The average molecular weight is 281 g/mol. The van der Waals surface area contributed by atoms with E-state index >= 15 is 0 Å². The van der Waals surface area contributed by atoms with Crippen LogP contribution in [-0.2, 0) is 9.59 Å². The van der Waals surface area contributed by atoms with Gasteiger partial charge < -0.3 is 4.74 Å². The highest BCUT2D eigenvalue weighted by atomic mass is 16.5. The van der Waals surface area contributed by atoms with Crippen molar-refractivity contribution >= 4 is 17.5 Å². The third-order valence-electron chi connectivity index (χ3n) is 3.35. The van der Waals surface area contributed by atoms with Gasteiger partial charge in [-0.2, -0.15) is 0 Å². The van der Waals surface area contributed by atoms with Gasteiger partial charge in [0.05, 0.1) is 5.69 Å². The molecule has 0 unspecified atom stereocenters. The topological polar surface area (TPSA) is 46.6 Å². The maximum atomic E-state index is 11.9. The highest BCUT2D eigenvalue weighted by Gasteiger charge is 2.27. The third-order valence-corrected chi connectivity index (χ3v) is 3.35. The number of nitrogens with zero attached hydrogens (tertiary/aromatic N) is 1. The molecular formula is C17H15NO3. The van der Waals surface area contributed by atoms with E-state index in [2.05, 4.69) is 0 Å². The summed E-state index contributed by atoms with van der Waals surface area (Å²) in [4.78, 5) is 25.0. The first-order chi connectivity index (χ1) is 10.2. The number of hydrogen-bond acceptors (Lipinski definition) is 3. The number of ether oxygens (including phenoxy) is 1. The number of rotatable bonds is 3. The molecule has 106 valence electrons. The van der Waals surface area contributed by atoms with Crippen LogP contribution in [0, 0.1) is 0 Å². The number of benzene rings is 2. The van der Waals surface area contributed by atoms with Gasteiger partial charge in [0.2, 0.25) is 11.8 Å². The average Bonchev–Trinajstić information content (AvgIpc) is 2.50. The van der Waals surface area contributed by atoms with Crippen molar-refractivity contribution in [3.63, 3.8) is 0 Å². The summed E-state index contributed by atoms with van der Waals surface area (Å²) >= 11 is 0. The predicted molar refractivity (Wildman–Crippen MR) is 79.3 cm³/mol. The summed E-state index contributed by atoms with van der Waals surface area (Å²) < 4.78 is 5.69. The van der Waals surface area contributed by atoms with Gasteiger partial charge in [0.25, 0.3) is 0 Å². The van der Waals surface area contributed by atoms with E-state index in [9.17, 15) is 9.59 Å². The second kappa shape index (κ2) is 5.79. The molecule has 2 aromatic rings. The minimum Gasteiger partial charge on any atom is -0.457 e. The monoisotopic (exact) mass is 281 g/mol. The number of piperidine rings is 1. The summed E-state index contributed by atoms with van der Waals surface area (Å²) in [6, 6.07) is 16.4. The molecule has 0 atom stereocenters. The van der Waals surface area contributed by atoms with Crippen LogP contribution < -0.4 is 9.64 Å². The van der Waals surface area contributed by atoms with Gasteiger partial charge in [-0.25, -0.2) is 0 Å². The van der Waals surface area contributed by atoms with Gasteiger partial charge in [-0.3, -0.25) is 14.5 Å². The fourth-order valence-electron chi connectivity index (χ4n) is 2.33. The summed E-state index contributed by atoms with van der Waals surface area (Å²) in [5.74, 6) is 1.14. The molecule has 0 bridgehead atoms. The lowest BCUT2D eigenvalue weighted by Gasteiger charge is -2.24. The maximum absolute atomic E-state index is 11.9. The van der Waals surface area contributed by atoms with Crippen LogP contribution in [0.3, 0.4) is 0 Å². The minimum absolute atomic E-state index is 0.136. The lowest BCUT2D eigenvalue weighted by atomic mass is 10.1. The fraction of sp³-hybridized carbons (Fsp3) is 0.176. The fourth-order valence-corrected chi connectivity index (χ4v) is 2.33. The van der Waals surface area contributed by atoms with Gasteiger partial charge in [-0.05, 0) is 42.8 Å². The molecule has 4 heteroatoms. The van der Waals surface area contributed by atoms with E-state index in [-0.39, 0.29) is 11.8 Å². The zero-order chi connectivity index (χ0) is 14.7. The number of carbonyl (C=O) groups excluding carboxylic acids is 2. The van der Waals surface area contributed by atoms with Crippen molar-refractivity contribution in [2.24, 2.45) is 0 Å². The summed E-state index contributed by atoms with van der Waals surface area (Å²) in [6.45, 7) is 0. The number of imide groups is 1. The van der Waals surface area contributed by atoms with Crippen molar-refractivity contribution in [1.82, 2.24) is 0 Å². The van der Waals surface area contributed by atoms with Crippen molar-refractivity contribution in [1.29, 1.82) is 0 Å². The minimum atomic E-state index is -0.136. The molecule has 3 rings (SSSR count). The lowest BCUT2D eigenvalue weighted by molar-refractivity contribution is -0.129. The van der Waals surface area contributed by atoms with Crippen LogP contribution in [0.5, 0.6) is 11.5 Å². The van der Waals surface area contributed by atoms with E-state index in [0.717, 1.165) is 5.75 Å². The maximum Gasteiger partial charge on any atom is 0.233 e. The largest absolute Gasteiger partial charge is 0.457 e. The van der Waals surface area contributed by atoms with Crippen molar-refractivity contribution in [2.75, 3.05) is 4.90 Å². The van der Waals surface area contributed by atoms with Gasteiger partial charge in [0.15, 0.2) is 0 Å². The summed E-state index contributed by atoms with van der Waals surface area (Å²) in [6.07, 6.45) is 1.49. The van der Waals surface area contributed by atoms with E-state index in [1.807, 2.05) is 30.3 Å². The van der Waals surface area contributed by atoms with Gasteiger partial charge in [-0.1, -0.05) is 18.2 Å². The van der Waals surface area contributed by atoms with Crippen LogP contribution in [0.1, 0.15) is 19.3 Å². The highest BCUT2D eigenvalue weighted by Crippen LogP contribution is 2.26. The Morgan fingerprint density at radius 1 is 0.762 bits per heavy atom. The molecule has 0 spiro atoms. The molecule has 0 radical (unpaired) electrons. The first-order valence-electron chi connectivity index (χ1n) is 6.93. The molecule has 21 heavy (non-hydrogen) atoms. The summed E-state index contributed by atoms with van der Waals surface area (Å²) in [5.41, 5.74) is 0.602. The molecular weight excluding hydrogens is 266 g/mol. The Morgan fingerprint density at radius 3 is 1.95 bits per heavy atom. The number of anilines is 1. The van der Waals surface area contributed by atoms with Crippen LogP contribution in [0.25, 0.3) is 0 Å². The van der Waals surface area contributed by atoms with Gasteiger partial charge in [0, 0.05) is 12.8 Å². The molecule has 1 aliphatic rings. The van der Waals surface area contributed by atoms with Crippen molar-refractivity contribution in [3.8, 4) is 11.5 Å².